The van der Waals surface area contributed by atoms with E-state index in [0.717, 1.165) is 21.2 Å². The van der Waals surface area contributed by atoms with Gasteiger partial charge in [0.25, 0.3) is 0 Å². The molecule has 0 aliphatic carbocycles. The van der Waals surface area contributed by atoms with Crippen LogP contribution in [0.2, 0.25) is 0 Å². The van der Waals surface area contributed by atoms with Gasteiger partial charge in [-0.2, -0.15) is 0 Å². The summed E-state index contributed by atoms with van der Waals surface area (Å²) >= 11 is 2.29. The average Bonchev–Trinajstić information content (AvgIpc) is 3.11. The Morgan fingerprint density at radius 2 is 2.00 bits per heavy atom. The Hall–Kier alpha value is -2.10. The number of aliphatic imine (C=N–C) groups is 1. The van der Waals surface area contributed by atoms with Crippen molar-refractivity contribution in [2.24, 2.45) is 4.99 Å². The van der Waals surface area contributed by atoms with Crippen LogP contribution in [0.25, 0.3) is 0 Å². The Labute approximate surface area is 170 Å². The van der Waals surface area contributed by atoms with E-state index in [1.165, 1.54) is 14.2 Å². The Balaban J connectivity index is 2.03. The summed E-state index contributed by atoms with van der Waals surface area (Å²) in [5.41, 5.74) is 2.00. The van der Waals surface area contributed by atoms with Crippen LogP contribution in [0.15, 0.2) is 34.5 Å². The highest BCUT2D eigenvalue weighted by Gasteiger charge is 2.62. The summed E-state index contributed by atoms with van der Waals surface area (Å²) in [5, 5.41) is 3.13. The molecule has 8 heteroatoms. The number of rotatable bonds is 2. The Bertz CT molecular complexity index is 926. The normalized spacial score (nSPS) is 28.0. The second-order valence-electron chi connectivity index (χ2n) is 7.07. The predicted octanol–water partition coefficient (Wildman–Crippen LogP) is 1.74. The van der Waals surface area contributed by atoms with Crippen molar-refractivity contribution < 1.29 is 19.1 Å². The van der Waals surface area contributed by atoms with E-state index >= 15 is 0 Å². The molecule has 0 radical (unpaired) electrons. The molecule has 0 saturated heterocycles. The van der Waals surface area contributed by atoms with Crippen molar-refractivity contribution in [1.29, 1.82) is 0 Å². The summed E-state index contributed by atoms with van der Waals surface area (Å²) in [6.45, 7) is 2.04. The number of esters is 2. The van der Waals surface area contributed by atoms with Crippen LogP contribution in [0.4, 0.5) is 5.69 Å². The number of hydrogen-bond acceptors (Lipinski definition) is 7. The third-order valence-corrected chi connectivity index (χ3v) is 6.31. The van der Waals surface area contributed by atoms with Gasteiger partial charge in [0.15, 0.2) is 0 Å². The fourth-order valence-electron chi connectivity index (χ4n) is 4.71. The van der Waals surface area contributed by atoms with Gasteiger partial charge in [0.2, 0.25) is 0 Å². The zero-order valence-corrected chi connectivity index (χ0v) is 17.7. The minimum absolute atomic E-state index is 0.0584. The van der Waals surface area contributed by atoms with E-state index in [1.54, 1.807) is 0 Å². The first kappa shape index (κ1) is 18.3. The average molecular weight is 481 g/mol. The number of carbonyl (C=O) groups excluding carboxylic acids is 2. The molecule has 3 heterocycles. The van der Waals surface area contributed by atoms with Crippen molar-refractivity contribution in [2.45, 2.75) is 30.8 Å². The summed E-state index contributed by atoms with van der Waals surface area (Å²) < 4.78 is 11.1. The standard InChI is InChI=1S/C19H20IN3O4/c1-9-8-19-11-7-10(20)5-6-12(11)23(2)15(19)13(16(24)26-3)14(17(25)27-4)22-18(19)21-9/h5-7,9,15H,8H2,1-4H3,(H,21,22)/t9-,15?,19+/m1/s1. The van der Waals surface area contributed by atoms with E-state index in [4.69, 9.17) is 14.5 Å². The van der Waals surface area contributed by atoms with Crippen LogP contribution in [-0.4, -0.2) is 51.1 Å². The minimum Gasteiger partial charge on any atom is -0.466 e. The van der Waals surface area contributed by atoms with Gasteiger partial charge in [0.1, 0.15) is 11.5 Å². The molecule has 3 aliphatic rings. The maximum Gasteiger partial charge on any atom is 0.355 e. The maximum atomic E-state index is 12.8. The first-order chi connectivity index (χ1) is 12.8. The molecule has 0 fully saturated rings. The van der Waals surface area contributed by atoms with Gasteiger partial charge in [-0.25, -0.2) is 9.59 Å². The van der Waals surface area contributed by atoms with Crippen molar-refractivity contribution in [3.63, 3.8) is 0 Å². The molecule has 4 rings (SSSR count). The van der Waals surface area contributed by atoms with E-state index in [9.17, 15) is 9.59 Å². The molecular weight excluding hydrogens is 461 g/mol. The number of halogens is 1. The predicted molar refractivity (Wildman–Crippen MR) is 109 cm³/mol. The Morgan fingerprint density at radius 3 is 2.67 bits per heavy atom. The van der Waals surface area contributed by atoms with Gasteiger partial charge in [0.05, 0.1) is 37.3 Å². The van der Waals surface area contributed by atoms with E-state index < -0.39 is 23.4 Å². The molecule has 3 aliphatic heterocycles. The maximum absolute atomic E-state index is 12.8. The molecule has 7 nitrogen and oxygen atoms in total. The van der Waals surface area contributed by atoms with Crippen molar-refractivity contribution in [2.75, 3.05) is 26.2 Å². The molecular formula is C19H20IN3O4. The van der Waals surface area contributed by atoms with Crippen LogP contribution in [0.3, 0.4) is 0 Å². The Kier molecular flexibility index (Phi) is 4.21. The molecule has 0 amide bonds. The highest BCUT2D eigenvalue weighted by Crippen LogP contribution is 2.55. The van der Waals surface area contributed by atoms with Gasteiger partial charge in [-0.3, -0.25) is 4.99 Å². The van der Waals surface area contributed by atoms with Crippen molar-refractivity contribution in [3.05, 3.63) is 38.6 Å². The van der Waals surface area contributed by atoms with Crippen LogP contribution in [0.1, 0.15) is 18.9 Å². The summed E-state index contributed by atoms with van der Waals surface area (Å²) in [6, 6.07) is 5.90. The zero-order chi connectivity index (χ0) is 19.5. The second-order valence-corrected chi connectivity index (χ2v) is 8.32. The monoisotopic (exact) mass is 481 g/mol. The van der Waals surface area contributed by atoms with Crippen LogP contribution >= 0.6 is 22.6 Å². The molecule has 1 unspecified atom stereocenters. The van der Waals surface area contributed by atoms with Gasteiger partial charge >= 0.3 is 11.9 Å². The number of nitrogens with one attached hydrogen (secondary N) is 1. The number of hydrogen-bond donors (Lipinski definition) is 1. The molecule has 0 saturated carbocycles. The SMILES string of the molecule is COC(=O)C1=C(C(=O)OC)C2N(C)c3ccc(I)cc3[C@@]23C[C@@H](C)N=C3N1. The van der Waals surface area contributed by atoms with E-state index in [2.05, 4.69) is 44.9 Å². The number of benzene rings is 1. The fraction of sp³-hybridized carbons (Fsp3) is 0.421. The summed E-state index contributed by atoms with van der Waals surface area (Å²) in [5.74, 6) is -0.439. The number of methoxy groups -OCH3 is 2. The first-order valence-electron chi connectivity index (χ1n) is 8.64. The number of fused-ring (bicyclic) bond motifs is 1. The van der Waals surface area contributed by atoms with E-state index in [-0.39, 0.29) is 17.3 Å². The number of likely N-dealkylation sites (N-methyl/N-ethyl adjacent to an activating group) is 1. The van der Waals surface area contributed by atoms with Gasteiger partial charge in [-0.05, 0) is 59.7 Å². The molecule has 0 aromatic heterocycles. The highest BCUT2D eigenvalue weighted by molar-refractivity contribution is 14.1. The van der Waals surface area contributed by atoms with Crippen molar-refractivity contribution in [3.8, 4) is 0 Å². The lowest BCUT2D eigenvalue weighted by atomic mass is 9.68. The smallest absolute Gasteiger partial charge is 0.355 e. The molecule has 1 spiro atoms. The van der Waals surface area contributed by atoms with Crippen molar-refractivity contribution >= 4 is 46.1 Å². The van der Waals surface area contributed by atoms with Crippen LogP contribution < -0.4 is 10.2 Å². The number of amidine groups is 1. The molecule has 1 aromatic rings. The summed E-state index contributed by atoms with van der Waals surface area (Å²) in [7, 11) is 4.56. The first-order valence-corrected chi connectivity index (χ1v) is 9.72. The lowest BCUT2D eigenvalue weighted by Gasteiger charge is -2.41. The summed E-state index contributed by atoms with van der Waals surface area (Å²) in [4.78, 5) is 32.1. The van der Waals surface area contributed by atoms with E-state index in [0.29, 0.717) is 5.84 Å². The van der Waals surface area contributed by atoms with E-state index in [1.807, 2.05) is 20.0 Å². The molecule has 27 heavy (non-hydrogen) atoms. The molecule has 0 bridgehead atoms. The molecule has 1 aromatic carbocycles. The number of carbonyl (C=O) groups is 2. The molecule has 3 atom stereocenters. The number of nitrogens with zero attached hydrogens (tertiary/aromatic N) is 2. The van der Waals surface area contributed by atoms with Crippen molar-refractivity contribution in [1.82, 2.24) is 5.32 Å². The number of ether oxygens (including phenoxy) is 2. The van der Waals surface area contributed by atoms with Gasteiger partial charge in [0, 0.05) is 16.3 Å². The van der Waals surface area contributed by atoms with Gasteiger partial charge < -0.3 is 19.7 Å². The lowest BCUT2D eigenvalue weighted by molar-refractivity contribution is -0.140. The quantitative estimate of drug-likeness (QED) is 0.513. The lowest BCUT2D eigenvalue weighted by Crippen LogP contribution is -2.59. The Morgan fingerprint density at radius 1 is 1.30 bits per heavy atom. The van der Waals surface area contributed by atoms with Crippen LogP contribution in [-0.2, 0) is 24.5 Å². The van der Waals surface area contributed by atoms with Gasteiger partial charge in [-0.1, -0.05) is 0 Å². The third kappa shape index (κ3) is 2.35. The second kappa shape index (κ2) is 6.22. The van der Waals surface area contributed by atoms with Crippen LogP contribution in [0, 0.1) is 3.57 Å². The molecule has 1 N–H and O–H groups in total. The fourth-order valence-corrected chi connectivity index (χ4v) is 5.20. The molecule has 142 valence electrons. The third-order valence-electron chi connectivity index (χ3n) is 5.64. The zero-order valence-electron chi connectivity index (χ0n) is 15.5. The highest BCUT2D eigenvalue weighted by atomic mass is 127. The van der Waals surface area contributed by atoms with Gasteiger partial charge in [-0.15, -0.1) is 0 Å². The topological polar surface area (TPSA) is 80.2 Å². The number of anilines is 1. The van der Waals surface area contributed by atoms with Crippen LogP contribution in [0.5, 0.6) is 0 Å². The largest absolute Gasteiger partial charge is 0.466 e. The summed E-state index contributed by atoms with van der Waals surface area (Å²) in [6.07, 6.45) is 0.742. The minimum atomic E-state index is -0.606.